The molecule has 0 aromatic heterocycles. The molecule has 2 aromatic rings. The number of piperidine rings is 1. The van der Waals surface area contributed by atoms with Crippen molar-refractivity contribution in [3.8, 4) is 0 Å². The number of benzene rings is 2. The first-order chi connectivity index (χ1) is 12.2. The van der Waals surface area contributed by atoms with Gasteiger partial charge in [-0.25, -0.2) is 0 Å². The molecule has 1 saturated heterocycles. The van der Waals surface area contributed by atoms with Gasteiger partial charge in [-0.1, -0.05) is 42.5 Å². The Hall–Kier alpha value is -2.40. The van der Waals surface area contributed by atoms with E-state index in [0.717, 1.165) is 36.9 Å². The van der Waals surface area contributed by atoms with Crippen LogP contribution < -0.4 is 16.0 Å². The lowest BCUT2D eigenvalue weighted by molar-refractivity contribution is -0.131. The fraction of sp³-hybridized carbons (Fsp3) is 0.400. The normalized spacial score (nSPS) is 16.4. The monoisotopic (exact) mass is 339 g/mol. The maximum atomic E-state index is 12.5. The van der Waals surface area contributed by atoms with Crippen molar-refractivity contribution in [3.63, 3.8) is 0 Å². The molecule has 0 radical (unpaired) electrons. The van der Waals surface area contributed by atoms with Crippen molar-refractivity contribution in [1.29, 1.82) is 0 Å². The highest BCUT2D eigenvalue weighted by atomic mass is 16.2. The van der Waals surface area contributed by atoms with Crippen molar-refractivity contribution in [1.82, 2.24) is 16.0 Å². The lowest BCUT2D eigenvalue weighted by Gasteiger charge is -2.25. The van der Waals surface area contributed by atoms with Gasteiger partial charge < -0.3 is 16.0 Å². The van der Waals surface area contributed by atoms with Gasteiger partial charge in [-0.05, 0) is 42.3 Å². The highest BCUT2D eigenvalue weighted by Crippen LogP contribution is 2.17. The van der Waals surface area contributed by atoms with Crippen molar-refractivity contribution in [2.45, 2.75) is 25.3 Å². The van der Waals surface area contributed by atoms with Gasteiger partial charge in [0.2, 0.25) is 11.8 Å². The Morgan fingerprint density at radius 3 is 2.56 bits per heavy atom. The molecular weight excluding hydrogens is 314 g/mol. The topological polar surface area (TPSA) is 70.2 Å². The van der Waals surface area contributed by atoms with E-state index in [4.69, 9.17) is 0 Å². The first-order valence-electron chi connectivity index (χ1n) is 8.88. The maximum Gasteiger partial charge on any atom is 0.242 e. The number of hydrogen-bond donors (Lipinski definition) is 3. The molecule has 3 rings (SSSR count). The summed E-state index contributed by atoms with van der Waals surface area (Å²) in [6, 6.07) is 13.7. The number of hydrogen-bond acceptors (Lipinski definition) is 3. The van der Waals surface area contributed by atoms with Crippen LogP contribution in [0.3, 0.4) is 0 Å². The Morgan fingerprint density at radius 2 is 1.84 bits per heavy atom. The standard InChI is InChI=1S/C20H25N3O2/c1-21-20(25)18(23-19(24)16-8-10-22-11-9-16)13-14-6-7-15-4-2-3-5-17(15)12-14/h2-7,12,16,18,22H,8-11,13H2,1H3,(H,21,25)(H,23,24)/t18-/m1/s1. The number of nitrogens with one attached hydrogen (secondary N) is 3. The molecule has 1 aliphatic heterocycles. The predicted octanol–water partition coefficient (Wildman–Crippen LogP) is 1.61. The van der Waals surface area contributed by atoms with Gasteiger partial charge in [-0.3, -0.25) is 9.59 Å². The predicted molar refractivity (Wildman–Crippen MR) is 99.2 cm³/mol. The number of likely N-dealkylation sites (N-methyl/N-ethyl adjacent to an activating group) is 1. The average molecular weight is 339 g/mol. The molecule has 5 heteroatoms. The summed E-state index contributed by atoms with van der Waals surface area (Å²) in [5.41, 5.74) is 1.04. The smallest absolute Gasteiger partial charge is 0.242 e. The Bertz CT molecular complexity index is 753. The second-order valence-corrected chi connectivity index (χ2v) is 6.59. The number of amides is 2. The fourth-order valence-electron chi connectivity index (χ4n) is 3.36. The molecule has 5 nitrogen and oxygen atoms in total. The molecule has 0 spiro atoms. The second kappa shape index (κ2) is 8.12. The van der Waals surface area contributed by atoms with Crippen LogP contribution >= 0.6 is 0 Å². The van der Waals surface area contributed by atoms with Crippen molar-refractivity contribution in [2.75, 3.05) is 20.1 Å². The van der Waals surface area contributed by atoms with E-state index in [2.05, 4.69) is 40.2 Å². The van der Waals surface area contributed by atoms with Gasteiger partial charge in [0.25, 0.3) is 0 Å². The summed E-state index contributed by atoms with van der Waals surface area (Å²) >= 11 is 0. The fourth-order valence-corrected chi connectivity index (χ4v) is 3.36. The number of carbonyl (C=O) groups is 2. The lowest BCUT2D eigenvalue weighted by atomic mass is 9.96. The van der Waals surface area contributed by atoms with Crippen molar-refractivity contribution >= 4 is 22.6 Å². The van der Waals surface area contributed by atoms with Crippen molar-refractivity contribution in [3.05, 3.63) is 48.0 Å². The van der Waals surface area contributed by atoms with Crippen LogP contribution in [0.5, 0.6) is 0 Å². The zero-order valence-electron chi connectivity index (χ0n) is 14.5. The highest BCUT2D eigenvalue weighted by molar-refractivity contribution is 5.89. The van der Waals surface area contributed by atoms with E-state index in [1.165, 1.54) is 5.39 Å². The minimum absolute atomic E-state index is 0.00925. The van der Waals surface area contributed by atoms with Gasteiger partial charge in [0.15, 0.2) is 0 Å². The molecule has 1 atom stereocenters. The summed E-state index contributed by atoms with van der Waals surface area (Å²) in [4.78, 5) is 24.8. The van der Waals surface area contributed by atoms with E-state index < -0.39 is 6.04 Å². The van der Waals surface area contributed by atoms with Crippen LogP contribution in [0.15, 0.2) is 42.5 Å². The molecule has 132 valence electrons. The van der Waals surface area contributed by atoms with E-state index in [1.54, 1.807) is 7.05 Å². The zero-order valence-corrected chi connectivity index (χ0v) is 14.5. The van der Waals surface area contributed by atoms with Crippen molar-refractivity contribution in [2.24, 2.45) is 5.92 Å². The summed E-state index contributed by atoms with van der Waals surface area (Å²) in [5.74, 6) is -0.184. The second-order valence-electron chi connectivity index (χ2n) is 6.59. The third-order valence-electron chi connectivity index (χ3n) is 4.84. The third kappa shape index (κ3) is 4.37. The quantitative estimate of drug-likeness (QED) is 0.775. The molecule has 0 unspecified atom stereocenters. The Kier molecular flexibility index (Phi) is 5.66. The maximum absolute atomic E-state index is 12.5. The largest absolute Gasteiger partial charge is 0.357 e. The van der Waals surface area contributed by atoms with Crippen LogP contribution in [0.4, 0.5) is 0 Å². The Morgan fingerprint density at radius 1 is 1.12 bits per heavy atom. The van der Waals surface area contributed by atoms with Gasteiger partial charge in [-0.2, -0.15) is 0 Å². The van der Waals surface area contributed by atoms with E-state index in [0.29, 0.717) is 6.42 Å². The number of rotatable bonds is 5. The van der Waals surface area contributed by atoms with Crippen LogP contribution in [0, 0.1) is 5.92 Å². The van der Waals surface area contributed by atoms with Gasteiger partial charge in [0.1, 0.15) is 6.04 Å². The molecule has 1 heterocycles. The summed E-state index contributed by atoms with van der Waals surface area (Å²) in [6.07, 6.45) is 2.13. The van der Waals surface area contributed by atoms with Gasteiger partial charge >= 0.3 is 0 Å². The van der Waals surface area contributed by atoms with Crippen molar-refractivity contribution < 1.29 is 9.59 Å². The molecular formula is C20H25N3O2. The van der Waals surface area contributed by atoms with Crippen LogP contribution in [0.25, 0.3) is 10.8 Å². The molecule has 3 N–H and O–H groups in total. The molecule has 1 fully saturated rings. The zero-order chi connectivity index (χ0) is 17.6. The van der Waals surface area contributed by atoms with Gasteiger partial charge in [-0.15, -0.1) is 0 Å². The van der Waals surface area contributed by atoms with E-state index >= 15 is 0 Å². The summed E-state index contributed by atoms with van der Waals surface area (Å²) in [7, 11) is 1.60. The van der Waals surface area contributed by atoms with E-state index in [-0.39, 0.29) is 17.7 Å². The van der Waals surface area contributed by atoms with Crippen LogP contribution in [0.1, 0.15) is 18.4 Å². The average Bonchev–Trinajstić information content (AvgIpc) is 2.67. The first-order valence-corrected chi connectivity index (χ1v) is 8.88. The van der Waals surface area contributed by atoms with E-state index in [1.807, 2.05) is 18.2 Å². The van der Waals surface area contributed by atoms with Crippen LogP contribution in [0.2, 0.25) is 0 Å². The molecule has 1 aliphatic rings. The number of carbonyl (C=O) groups excluding carboxylic acids is 2. The molecule has 2 aromatic carbocycles. The first kappa shape index (κ1) is 17.4. The minimum atomic E-state index is -0.548. The highest BCUT2D eigenvalue weighted by Gasteiger charge is 2.26. The molecule has 2 amide bonds. The SMILES string of the molecule is CNC(=O)[C@@H](Cc1ccc2ccccc2c1)NC(=O)C1CCNCC1. The third-order valence-corrected chi connectivity index (χ3v) is 4.84. The minimum Gasteiger partial charge on any atom is -0.357 e. The lowest BCUT2D eigenvalue weighted by Crippen LogP contribution is -2.50. The Balaban J connectivity index is 1.73. The van der Waals surface area contributed by atoms with Crippen LogP contribution in [-0.4, -0.2) is 38.0 Å². The van der Waals surface area contributed by atoms with E-state index in [9.17, 15) is 9.59 Å². The van der Waals surface area contributed by atoms with Crippen LogP contribution in [-0.2, 0) is 16.0 Å². The van der Waals surface area contributed by atoms with Gasteiger partial charge in [0, 0.05) is 19.4 Å². The number of fused-ring (bicyclic) bond motifs is 1. The summed E-state index contributed by atoms with van der Waals surface area (Å²) in [6.45, 7) is 1.71. The molecule has 25 heavy (non-hydrogen) atoms. The van der Waals surface area contributed by atoms with Gasteiger partial charge in [0.05, 0.1) is 0 Å². The molecule has 0 bridgehead atoms. The summed E-state index contributed by atoms with van der Waals surface area (Å²) in [5, 5.41) is 11.2. The molecule has 0 saturated carbocycles. The molecule has 0 aliphatic carbocycles. The Labute approximate surface area is 148 Å². The summed E-state index contributed by atoms with van der Waals surface area (Å²) < 4.78 is 0.